The summed E-state index contributed by atoms with van der Waals surface area (Å²) in [4.78, 5) is 26.1. The number of carbonyl (C=O) groups excluding carboxylic acids is 1. The zero-order chi connectivity index (χ0) is 19.0. The predicted molar refractivity (Wildman–Crippen MR) is 106 cm³/mol. The zero-order valence-corrected chi connectivity index (χ0v) is 15.6. The van der Waals surface area contributed by atoms with Crippen LogP contribution in [0.25, 0.3) is 0 Å². The molecule has 0 spiro atoms. The highest BCUT2D eigenvalue weighted by Crippen LogP contribution is 2.41. The van der Waals surface area contributed by atoms with Gasteiger partial charge in [0.1, 0.15) is 5.82 Å². The number of hydrogen-bond acceptors (Lipinski definition) is 3. The van der Waals surface area contributed by atoms with Gasteiger partial charge < -0.3 is 9.88 Å². The van der Waals surface area contributed by atoms with Gasteiger partial charge in [-0.2, -0.15) is 0 Å². The lowest BCUT2D eigenvalue weighted by atomic mass is 9.74. The monoisotopic (exact) mass is 364 g/mol. The van der Waals surface area contributed by atoms with Gasteiger partial charge in [0.05, 0.1) is 11.9 Å². The molecule has 4 rings (SSSR count). The summed E-state index contributed by atoms with van der Waals surface area (Å²) in [6, 6.07) is 6.10. The van der Waals surface area contributed by atoms with Crippen LogP contribution in [-0.2, 0) is 0 Å². The van der Waals surface area contributed by atoms with E-state index in [4.69, 9.17) is 5.41 Å². The van der Waals surface area contributed by atoms with Gasteiger partial charge in [0.2, 0.25) is 0 Å². The molecule has 0 radical (unpaired) electrons. The lowest BCUT2D eigenvalue weighted by Gasteiger charge is -2.54. The second kappa shape index (κ2) is 6.98. The van der Waals surface area contributed by atoms with E-state index in [-0.39, 0.29) is 11.9 Å². The standard InChI is InChI=1S/C20H24N6O/c1-12-6-15-8-16(7-12)26(15)20(27)25-18-9-17(13(2)10-23-18)19(21)24-11-14-4-3-5-22-14/h3-5,9-12,15-16,21-22H,6-8H2,1-2H3,(H,23,25,27). The van der Waals surface area contributed by atoms with E-state index in [1.165, 1.54) is 0 Å². The molecule has 7 heteroatoms. The molecule has 2 atom stereocenters. The van der Waals surface area contributed by atoms with Crippen molar-refractivity contribution in [3.63, 3.8) is 0 Å². The number of pyridine rings is 1. The van der Waals surface area contributed by atoms with Gasteiger partial charge in [-0.25, -0.2) is 14.8 Å². The van der Waals surface area contributed by atoms with E-state index in [0.717, 1.165) is 30.5 Å². The van der Waals surface area contributed by atoms with Crippen molar-refractivity contribution in [3.8, 4) is 0 Å². The molecule has 0 saturated carbocycles. The number of anilines is 1. The molecule has 2 fully saturated rings. The van der Waals surface area contributed by atoms with Crippen LogP contribution in [0.4, 0.5) is 10.6 Å². The quantitative estimate of drug-likeness (QED) is 0.573. The third-order valence-electron chi connectivity index (χ3n) is 5.46. The molecule has 140 valence electrons. The highest BCUT2D eigenvalue weighted by atomic mass is 16.2. The van der Waals surface area contributed by atoms with Crippen molar-refractivity contribution in [2.45, 2.75) is 45.2 Å². The van der Waals surface area contributed by atoms with Gasteiger partial charge in [0, 0.05) is 30.0 Å². The smallest absolute Gasteiger partial charge is 0.323 e. The Morgan fingerprint density at radius 3 is 2.89 bits per heavy atom. The fourth-order valence-corrected chi connectivity index (χ4v) is 4.13. The fourth-order valence-electron chi connectivity index (χ4n) is 4.13. The number of aryl methyl sites for hydroxylation is 1. The number of hydrogen-bond donors (Lipinski definition) is 3. The van der Waals surface area contributed by atoms with Gasteiger partial charge in [-0.3, -0.25) is 10.7 Å². The summed E-state index contributed by atoms with van der Waals surface area (Å²) in [6.45, 7) is 4.13. The Hall–Kier alpha value is -2.96. The minimum Gasteiger partial charge on any atom is -0.360 e. The maximum absolute atomic E-state index is 12.6. The molecule has 27 heavy (non-hydrogen) atoms. The molecule has 2 saturated heterocycles. The number of aromatic amines is 1. The minimum absolute atomic E-state index is 0.0909. The van der Waals surface area contributed by atoms with E-state index in [1.54, 1.807) is 18.5 Å². The number of nitrogens with one attached hydrogen (secondary N) is 3. The molecule has 2 bridgehead atoms. The summed E-state index contributed by atoms with van der Waals surface area (Å²) < 4.78 is 0. The van der Waals surface area contributed by atoms with E-state index >= 15 is 0 Å². The number of rotatable bonds is 3. The van der Waals surface area contributed by atoms with Crippen LogP contribution in [0.5, 0.6) is 0 Å². The minimum atomic E-state index is -0.0909. The molecule has 2 aliphatic rings. The molecule has 2 aromatic heterocycles. The molecule has 0 aliphatic carbocycles. The maximum atomic E-state index is 12.6. The van der Waals surface area contributed by atoms with Crippen LogP contribution in [0.2, 0.25) is 0 Å². The number of nitrogens with zero attached hydrogens (tertiary/aromatic N) is 3. The van der Waals surface area contributed by atoms with Gasteiger partial charge in [0.25, 0.3) is 0 Å². The summed E-state index contributed by atoms with van der Waals surface area (Å²) in [5, 5.41) is 11.1. The van der Waals surface area contributed by atoms with Gasteiger partial charge in [-0.15, -0.1) is 0 Å². The number of aliphatic imine (C=N–C) groups is 1. The van der Waals surface area contributed by atoms with Crippen LogP contribution < -0.4 is 5.32 Å². The second-order valence-corrected chi connectivity index (χ2v) is 7.57. The normalized spacial score (nSPS) is 23.9. The van der Waals surface area contributed by atoms with Crippen molar-refractivity contribution in [2.75, 3.05) is 5.32 Å². The van der Waals surface area contributed by atoms with E-state index in [2.05, 4.69) is 27.2 Å². The fraction of sp³-hybridized carbons (Fsp3) is 0.400. The number of fused-ring (bicyclic) bond motifs is 2. The van der Waals surface area contributed by atoms with Gasteiger partial charge in [-0.1, -0.05) is 6.92 Å². The van der Waals surface area contributed by atoms with Crippen LogP contribution in [0.1, 0.15) is 43.0 Å². The third kappa shape index (κ3) is 3.49. The Morgan fingerprint density at radius 1 is 1.41 bits per heavy atom. The van der Waals surface area contributed by atoms with Gasteiger partial charge >= 0.3 is 6.03 Å². The Kier molecular flexibility index (Phi) is 4.51. The Morgan fingerprint density at radius 2 is 2.19 bits per heavy atom. The first-order valence-corrected chi connectivity index (χ1v) is 9.33. The first-order valence-electron chi connectivity index (χ1n) is 9.33. The van der Waals surface area contributed by atoms with Crippen LogP contribution in [0, 0.1) is 18.3 Å². The maximum Gasteiger partial charge on any atom is 0.323 e. The van der Waals surface area contributed by atoms with Crippen molar-refractivity contribution >= 4 is 23.9 Å². The molecule has 7 nitrogen and oxygen atoms in total. The molecule has 2 unspecified atom stereocenters. The van der Waals surface area contributed by atoms with E-state index in [0.29, 0.717) is 29.4 Å². The Bertz CT molecular complexity index is 876. The summed E-state index contributed by atoms with van der Waals surface area (Å²) in [6.07, 6.45) is 8.36. The van der Waals surface area contributed by atoms with Crippen molar-refractivity contribution < 1.29 is 4.79 Å². The van der Waals surface area contributed by atoms with Gasteiger partial charge in [0.15, 0.2) is 5.84 Å². The number of amides is 2. The Labute approximate surface area is 158 Å². The number of aromatic nitrogens is 2. The van der Waals surface area contributed by atoms with Crippen molar-refractivity contribution in [1.29, 1.82) is 5.41 Å². The molecular weight excluding hydrogens is 340 g/mol. The van der Waals surface area contributed by atoms with Crippen molar-refractivity contribution in [3.05, 3.63) is 47.4 Å². The summed E-state index contributed by atoms with van der Waals surface area (Å²) >= 11 is 0. The SMILES string of the molecule is Cc1cnc(NC(=O)N2C3CC(C)CC2C3)cc1C(=N)N=Cc1ccc[nH]1. The number of urea groups is 1. The van der Waals surface area contributed by atoms with E-state index in [1.807, 2.05) is 30.2 Å². The lowest BCUT2D eigenvalue weighted by molar-refractivity contribution is -0.00603. The number of H-pyrrole nitrogens is 1. The molecule has 2 amide bonds. The third-order valence-corrected chi connectivity index (χ3v) is 5.46. The zero-order valence-electron chi connectivity index (χ0n) is 15.6. The first-order chi connectivity index (χ1) is 13.0. The molecule has 2 aromatic rings. The van der Waals surface area contributed by atoms with Crippen LogP contribution in [-0.4, -0.2) is 45.0 Å². The topological polar surface area (TPSA) is 97.2 Å². The highest BCUT2D eigenvalue weighted by molar-refractivity contribution is 6.04. The first kappa shape index (κ1) is 17.5. The lowest BCUT2D eigenvalue weighted by Crippen LogP contribution is -2.63. The van der Waals surface area contributed by atoms with Crippen LogP contribution in [0.15, 0.2) is 35.6 Å². The molecule has 2 aliphatic heterocycles. The Balaban J connectivity index is 1.46. The average Bonchev–Trinajstić information content (AvgIpc) is 3.14. The number of amidine groups is 1. The average molecular weight is 364 g/mol. The predicted octanol–water partition coefficient (Wildman–Crippen LogP) is 3.57. The van der Waals surface area contributed by atoms with Crippen LogP contribution in [0.3, 0.4) is 0 Å². The summed E-state index contributed by atoms with van der Waals surface area (Å²) in [7, 11) is 0. The molecule has 0 aromatic carbocycles. The van der Waals surface area contributed by atoms with Crippen molar-refractivity contribution in [1.82, 2.24) is 14.9 Å². The summed E-state index contributed by atoms with van der Waals surface area (Å²) in [5.41, 5.74) is 2.33. The van der Waals surface area contributed by atoms with Gasteiger partial charge in [-0.05, 0) is 55.9 Å². The molecular formula is C20H24N6O. The van der Waals surface area contributed by atoms with Crippen LogP contribution >= 0.6 is 0 Å². The largest absolute Gasteiger partial charge is 0.360 e. The van der Waals surface area contributed by atoms with E-state index in [9.17, 15) is 4.79 Å². The molecule has 3 N–H and O–H groups in total. The number of carbonyl (C=O) groups is 1. The highest BCUT2D eigenvalue weighted by Gasteiger charge is 2.46. The van der Waals surface area contributed by atoms with Crippen molar-refractivity contribution in [2.24, 2.45) is 10.9 Å². The number of piperidine rings is 1. The molecule has 4 heterocycles. The van der Waals surface area contributed by atoms with E-state index < -0.39 is 0 Å². The second-order valence-electron chi connectivity index (χ2n) is 7.57. The summed E-state index contributed by atoms with van der Waals surface area (Å²) in [5.74, 6) is 1.29.